The van der Waals surface area contributed by atoms with E-state index in [-0.39, 0.29) is 46.7 Å². The van der Waals surface area contributed by atoms with E-state index >= 15 is 4.39 Å². The van der Waals surface area contributed by atoms with Crippen LogP contribution >= 0.6 is 0 Å². The van der Waals surface area contributed by atoms with E-state index in [1.807, 2.05) is 4.90 Å². The van der Waals surface area contributed by atoms with E-state index in [2.05, 4.69) is 25.7 Å². The molecule has 3 N–H and O–H groups in total. The third kappa shape index (κ3) is 4.68. The molecule has 0 aliphatic carbocycles. The average Bonchev–Trinajstić information content (AvgIpc) is 3.30. The maximum Gasteiger partial charge on any atom is 0.274 e. The van der Waals surface area contributed by atoms with Crippen LogP contribution in [0.2, 0.25) is 0 Å². The Morgan fingerprint density at radius 3 is 2.92 bits per heavy atom. The Balaban J connectivity index is 1.54. The van der Waals surface area contributed by atoms with Crippen LogP contribution in [0.1, 0.15) is 10.5 Å². The number of aryl methyl sites for hydroxylation is 1. The zero-order valence-electron chi connectivity index (χ0n) is 20.2. The van der Waals surface area contributed by atoms with E-state index in [0.717, 1.165) is 0 Å². The summed E-state index contributed by atoms with van der Waals surface area (Å²) >= 11 is 0. The quantitative estimate of drug-likeness (QED) is 0.363. The summed E-state index contributed by atoms with van der Waals surface area (Å²) in [7, 11) is 3.09. The highest BCUT2D eigenvalue weighted by molar-refractivity contribution is 6.09. The first-order valence-corrected chi connectivity index (χ1v) is 11.6. The molecule has 0 saturated carbocycles. The predicted molar refractivity (Wildman–Crippen MR) is 134 cm³/mol. The van der Waals surface area contributed by atoms with Crippen LogP contribution in [0.15, 0.2) is 42.7 Å². The summed E-state index contributed by atoms with van der Waals surface area (Å²) in [5.74, 6) is -1.62. The molecule has 0 bridgehead atoms. The van der Waals surface area contributed by atoms with E-state index in [0.29, 0.717) is 30.7 Å². The lowest BCUT2D eigenvalue weighted by atomic mass is 10.1. The number of anilines is 2. The number of aromatic nitrogens is 4. The molecule has 0 spiro atoms. The van der Waals surface area contributed by atoms with Gasteiger partial charge in [0, 0.05) is 56.6 Å². The number of ether oxygens (including phenoxy) is 1. The molecular formula is C25H25F2N7O3. The summed E-state index contributed by atoms with van der Waals surface area (Å²) in [5, 5.41) is 20.4. The summed E-state index contributed by atoms with van der Waals surface area (Å²) in [4.78, 5) is 23.7. The number of rotatable bonds is 6. The molecule has 12 heteroatoms. The number of carbonyl (C=O) groups excluding carboxylic acids is 1. The monoisotopic (exact) mass is 509 g/mol. The van der Waals surface area contributed by atoms with Crippen molar-refractivity contribution in [2.45, 2.75) is 6.04 Å². The standard InChI is InChI=1S/C25H25F2N7O3/c1-33-12-15-22(32-33)17(27)10-19(23(15)34-9-8-28-14(11-34)13-35)31-25(36)18-6-7-29-24(30-18)21-16(26)4-3-5-20(21)37-2/h3-7,10,12,14,28,35H,8-9,11,13H2,1-2H3,(H,31,36). The van der Waals surface area contributed by atoms with Gasteiger partial charge >= 0.3 is 0 Å². The Morgan fingerprint density at radius 2 is 2.14 bits per heavy atom. The number of carbonyl (C=O) groups is 1. The van der Waals surface area contributed by atoms with Crippen LogP contribution in [0.3, 0.4) is 0 Å². The molecule has 1 atom stereocenters. The fourth-order valence-corrected chi connectivity index (χ4v) is 4.52. The van der Waals surface area contributed by atoms with Gasteiger partial charge in [0.1, 0.15) is 22.8 Å². The van der Waals surface area contributed by atoms with Crippen LogP contribution in [0.25, 0.3) is 22.3 Å². The second-order valence-corrected chi connectivity index (χ2v) is 8.64. The van der Waals surface area contributed by atoms with Crippen molar-refractivity contribution in [3.63, 3.8) is 0 Å². The van der Waals surface area contributed by atoms with Crippen LogP contribution < -0.4 is 20.3 Å². The van der Waals surface area contributed by atoms with Crippen molar-refractivity contribution >= 4 is 28.2 Å². The number of piperazine rings is 1. The molecule has 5 rings (SSSR count). The maximum absolute atomic E-state index is 15.0. The summed E-state index contributed by atoms with van der Waals surface area (Å²) in [6, 6.07) is 6.74. The number of methoxy groups -OCH3 is 1. The number of nitrogens with one attached hydrogen (secondary N) is 2. The lowest BCUT2D eigenvalue weighted by Gasteiger charge is -2.36. The highest BCUT2D eigenvalue weighted by Gasteiger charge is 2.26. The minimum absolute atomic E-state index is 0.0235. The number of halogens is 2. The zero-order valence-corrected chi connectivity index (χ0v) is 20.2. The largest absolute Gasteiger partial charge is 0.496 e. The van der Waals surface area contributed by atoms with Gasteiger partial charge in [0.05, 0.1) is 30.7 Å². The maximum atomic E-state index is 15.0. The Kier molecular flexibility index (Phi) is 6.68. The molecule has 1 unspecified atom stereocenters. The first kappa shape index (κ1) is 24.5. The SMILES string of the molecule is COc1cccc(F)c1-c1nccc(C(=O)Nc2cc(F)c3nn(C)cc3c2N2CCNC(CO)C2)n1. The summed E-state index contributed by atoms with van der Waals surface area (Å²) in [5.41, 5.74) is 0.971. The molecular weight excluding hydrogens is 484 g/mol. The second kappa shape index (κ2) is 10.1. The van der Waals surface area contributed by atoms with Crippen LogP contribution in [-0.4, -0.2) is 70.2 Å². The fourth-order valence-electron chi connectivity index (χ4n) is 4.52. The van der Waals surface area contributed by atoms with Gasteiger partial charge < -0.3 is 25.4 Å². The Hall–Kier alpha value is -4.16. The number of fused-ring (bicyclic) bond motifs is 1. The van der Waals surface area contributed by atoms with E-state index in [9.17, 15) is 14.3 Å². The first-order chi connectivity index (χ1) is 17.9. The number of hydrogen-bond donors (Lipinski definition) is 3. The van der Waals surface area contributed by atoms with Gasteiger partial charge in [-0.15, -0.1) is 0 Å². The van der Waals surface area contributed by atoms with Crippen molar-refractivity contribution in [3.05, 3.63) is 60.1 Å². The normalized spacial score (nSPS) is 15.7. The molecule has 2 aromatic carbocycles. The molecule has 1 fully saturated rings. The Labute approximate surface area is 210 Å². The molecule has 192 valence electrons. The Morgan fingerprint density at radius 1 is 1.30 bits per heavy atom. The minimum atomic E-state index is -0.628. The summed E-state index contributed by atoms with van der Waals surface area (Å²) < 4.78 is 36.4. The average molecular weight is 510 g/mol. The fraction of sp³-hybridized carbons (Fsp3) is 0.280. The Bertz CT molecular complexity index is 1480. The third-order valence-electron chi connectivity index (χ3n) is 6.18. The van der Waals surface area contributed by atoms with Gasteiger partial charge in [-0.1, -0.05) is 6.07 Å². The van der Waals surface area contributed by atoms with Gasteiger partial charge in [-0.25, -0.2) is 18.7 Å². The summed E-state index contributed by atoms with van der Waals surface area (Å²) in [6.45, 7) is 1.54. The minimum Gasteiger partial charge on any atom is -0.496 e. The van der Waals surface area contributed by atoms with E-state index in [1.54, 1.807) is 19.3 Å². The van der Waals surface area contributed by atoms with Crippen LogP contribution in [0, 0.1) is 11.6 Å². The molecule has 0 radical (unpaired) electrons. The smallest absolute Gasteiger partial charge is 0.274 e. The third-order valence-corrected chi connectivity index (χ3v) is 6.18. The number of aliphatic hydroxyl groups excluding tert-OH is 1. The molecule has 1 aliphatic rings. The van der Waals surface area contributed by atoms with Crippen molar-refractivity contribution in [1.82, 2.24) is 25.1 Å². The molecule has 10 nitrogen and oxygen atoms in total. The second-order valence-electron chi connectivity index (χ2n) is 8.64. The van der Waals surface area contributed by atoms with Gasteiger partial charge in [0.15, 0.2) is 11.6 Å². The van der Waals surface area contributed by atoms with E-state index in [1.165, 1.54) is 42.3 Å². The molecule has 1 aliphatic heterocycles. The lowest BCUT2D eigenvalue weighted by molar-refractivity contribution is 0.102. The highest BCUT2D eigenvalue weighted by Crippen LogP contribution is 2.37. The first-order valence-electron chi connectivity index (χ1n) is 11.6. The van der Waals surface area contributed by atoms with Gasteiger partial charge in [-0.3, -0.25) is 9.48 Å². The van der Waals surface area contributed by atoms with Gasteiger partial charge in [-0.05, 0) is 18.2 Å². The molecule has 1 amide bonds. The number of aliphatic hydroxyl groups is 1. The van der Waals surface area contributed by atoms with Crippen molar-refractivity contribution in [2.24, 2.45) is 7.05 Å². The van der Waals surface area contributed by atoms with E-state index in [4.69, 9.17) is 4.74 Å². The highest BCUT2D eigenvalue weighted by atomic mass is 19.1. The van der Waals surface area contributed by atoms with Crippen LogP contribution in [0.4, 0.5) is 20.2 Å². The predicted octanol–water partition coefficient (Wildman–Crippen LogP) is 2.34. The number of nitrogens with zero attached hydrogens (tertiary/aromatic N) is 5. The molecule has 37 heavy (non-hydrogen) atoms. The van der Waals surface area contributed by atoms with Crippen molar-refractivity contribution in [2.75, 3.05) is 43.6 Å². The number of hydrogen-bond acceptors (Lipinski definition) is 8. The van der Waals surface area contributed by atoms with Crippen LogP contribution in [-0.2, 0) is 7.05 Å². The van der Waals surface area contributed by atoms with Gasteiger partial charge in [0.2, 0.25) is 0 Å². The van der Waals surface area contributed by atoms with Gasteiger partial charge in [0.25, 0.3) is 5.91 Å². The number of amides is 1. The van der Waals surface area contributed by atoms with Gasteiger partial charge in [-0.2, -0.15) is 5.10 Å². The molecule has 2 aromatic heterocycles. The van der Waals surface area contributed by atoms with Crippen molar-refractivity contribution < 1.29 is 23.4 Å². The van der Waals surface area contributed by atoms with Crippen molar-refractivity contribution in [1.29, 1.82) is 0 Å². The molecule has 3 heterocycles. The topological polar surface area (TPSA) is 117 Å². The zero-order chi connectivity index (χ0) is 26.1. The summed E-state index contributed by atoms with van der Waals surface area (Å²) in [6.07, 6.45) is 3.03. The van der Waals surface area contributed by atoms with E-state index < -0.39 is 17.5 Å². The molecule has 4 aromatic rings. The number of benzene rings is 2. The lowest BCUT2D eigenvalue weighted by Crippen LogP contribution is -2.52. The van der Waals surface area contributed by atoms with Crippen LogP contribution in [0.5, 0.6) is 5.75 Å². The van der Waals surface area contributed by atoms with Crippen molar-refractivity contribution in [3.8, 4) is 17.1 Å². The molecule has 1 saturated heterocycles.